The molecule has 2 rings (SSSR count). The van der Waals surface area contributed by atoms with Crippen molar-refractivity contribution in [2.45, 2.75) is 25.7 Å². The molecule has 1 aromatic carbocycles. The second-order valence-electron chi connectivity index (χ2n) is 5.08. The average Bonchev–Trinajstić information content (AvgIpc) is 2.54. The summed E-state index contributed by atoms with van der Waals surface area (Å²) < 4.78 is 4.75. The molecule has 0 aromatic heterocycles. The van der Waals surface area contributed by atoms with Crippen molar-refractivity contribution in [1.82, 2.24) is 4.90 Å². The number of piperidine rings is 1. The maximum Gasteiger partial charge on any atom is 0.337 e. The molecule has 0 radical (unpaired) electrons. The Morgan fingerprint density at radius 2 is 2.19 bits per heavy atom. The molecule has 0 bridgehead atoms. The summed E-state index contributed by atoms with van der Waals surface area (Å²) in [6.07, 6.45) is 1.96. The minimum Gasteiger partial charge on any atom is -0.465 e. The number of esters is 1. The van der Waals surface area contributed by atoms with E-state index in [2.05, 4.69) is 11.8 Å². The summed E-state index contributed by atoms with van der Waals surface area (Å²) in [4.78, 5) is 25.3. The van der Waals surface area contributed by atoms with Gasteiger partial charge < -0.3 is 9.64 Å². The van der Waals surface area contributed by atoms with Gasteiger partial charge in [-0.25, -0.2) is 4.79 Å². The number of rotatable bonds is 2. The van der Waals surface area contributed by atoms with E-state index >= 15 is 0 Å². The molecule has 21 heavy (non-hydrogen) atoms. The summed E-state index contributed by atoms with van der Waals surface area (Å²) in [5, 5.41) is 0. The van der Waals surface area contributed by atoms with Crippen LogP contribution in [0.2, 0.25) is 0 Å². The molecule has 0 aliphatic carbocycles. The molecule has 1 aromatic rings. The van der Waals surface area contributed by atoms with Crippen LogP contribution in [0, 0.1) is 11.8 Å². The monoisotopic (exact) mass is 285 g/mol. The molecule has 1 aliphatic heterocycles. The Morgan fingerprint density at radius 3 is 2.90 bits per heavy atom. The first-order valence-electron chi connectivity index (χ1n) is 7.05. The van der Waals surface area contributed by atoms with Crippen LogP contribution in [0.25, 0.3) is 0 Å². The fourth-order valence-corrected chi connectivity index (χ4v) is 2.66. The molecule has 0 N–H and O–H groups in total. The van der Waals surface area contributed by atoms with Gasteiger partial charge in [-0.1, -0.05) is 18.1 Å². The zero-order valence-electron chi connectivity index (χ0n) is 12.4. The fraction of sp³-hybridized carbons (Fsp3) is 0.412. The first-order valence-corrected chi connectivity index (χ1v) is 7.05. The summed E-state index contributed by atoms with van der Waals surface area (Å²) in [6, 6.07) is 7.45. The predicted octanol–water partition coefficient (Wildman–Crippen LogP) is 2.20. The number of hydrogen-bond acceptors (Lipinski definition) is 3. The summed E-state index contributed by atoms with van der Waals surface area (Å²) in [6.45, 7) is 3.07. The molecule has 1 atom stereocenters. The van der Waals surface area contributed by atoms with Crippen molar-refractivity contribution < 1.29 is 14.3 Å². The minimum atomic E-state index is -0.336. The van der Waals surface area contributed by atoms with Crippen LogP contribution in [-0.4, -0.2) is 37.0 Å². The highest BCUT2D eigenvalue weighted by Crippen LogP contribution is 2.27. The van der Waals surface area contributed by atoms with Gasteiger partial charge in [0.15, 0.2) is 0 Å². The molecule has 0 saturated carbocycles. The number of benzene rings is 1. The lowest BCUT2D eigenvalue weighted by Gasteiger charge is -2.31. The van der Waals surface area contributed by atoms with E-state index in [-0.39, 0.29) is 17.8 Å². The van der Waals surface area contributed by atoms with E-state index in [4.69, 9.17) is 4.74 Å². The molecule has 1 saturated heterocycles. The van der Waals surface area contributed by atoms with E-state index in [0.717, 1.165) is 24.9 Å². The lowest BCUT2D eigenvalue weighted by Crippen LogP contribution is -2.38. The molecule has 0 spiro atoms. The van der Waals surface area contributed by atoms with Gasteiger partial charge in [0.25, 0.3) is 5.91 Å². The minimum absolute atomic E-state index is 0.119. The maximum atomic E-state index is 11.9. The molecule has 4 heteroatoms. The normalized spacial score (nSPS) is 17.6. The van der Waals surface area contributed by atoms with Gasteiger partial charge in [0.2, 0.25) is 0 Å². The lowest BCUT2D eigenvalue weighted by molar-refractivity contribution is -0.126. The Kier molecular flexibility index (Phi) is 4.99. The van der Waals surface area contributed by atoms with Crippen LogP contribution < -0.4 is 0 Å². The number of hydrogen-bond donors (Lipinski definition) is 0. The van der Waals surface area contributed by atoms with Crippen LogP contribution in [-0.2, 0) is 9.53 Å². The Labute approximate surface area is 125 Å². The van der Waals surface area contributed by atoms with Gasteiger partial charge in [0.1, 0.15) is 0 Å². The highest BCUT2D eigenvalue weighted by Gasteiger charge is 2.24. The van der Waals surface area contributed by atoms with Crippen LogP contribution in [0.15, 0.2) is 24.3 Å². The highest BCUT2D eigenvalue weighted by molar-refractivity contribution is 5.93. The summed E-state index contributed by atoms with van der Waals surface area (Å²) in [7, 11) is 1.37. The second kappa shape index (κ2) is 6.94. The number of likely N-dealkylation sites (tertiary alicyclic amines) is 1. The molecule has 1 fully saturated rings. The number of carbonyl (C=O) groups is 2. The van der Waals surface area contributed by atoms with Crippen LogP contribution in [0.3, 0.4) is 0 Å². The Bertz CT molecular complexity index is 598. The molecule has 1 unspecified atom stereocenters. The number of nitrogens with zero attached hydrogens (tertiary/aromatic N) is 1. The SMILES string of the molecule is CC#CC(=O)N1CCCC(c2cccc(C(=O)OC)c2)C1. The van der Waals surface area contributed by atoms with E-state index in [1.54, 1.807) is 17.9 Å². The van der Waals surface area contributed by atoms with Crippen LogP contribution in [0.1, 0.15) is 41.6 Å². The lowest BCUT2D eigenvalue weighted by atomic mass is 9.89. The summed E-state index contributed by atoms with van der Waals surface area (Å²) in [5.74, 6) is 5.02. The van der Waals surface area contributed by atoms with E-state index < -0.39 is 0 Å². The smallest absolute Gasteiger partial charge is 0.337 e. The highest BCUT2D eigenvalue weighted by atomic mass is 16.5. The molecular weight excluding hydrogens is 266 g/mol. The van der Waals surface area contributed by atoms with Gasteiger partial charge in [-0.15, -0.1) is 0 Å². The van der Waals surface area contributed by atoms with E-state index in [0.29, 0.717) is 12.1 Å². The van der Waals surface area contributed by atoms with Crippen molar-refractivity contribution in [1.29, 1.82) is 0 Å². The third-order valence-corrected chi connectivity index (χ3v) is 3.72. The molecule has 4 nitrogen and oxygen atoms in total. The van der Waals surface area contributed by atoms with Crippen LogP contribution in [0.4, 0.5) is 0 Å². The van der Waals surface area contributed by atoms with E-state index in [1.165, 1.54) is 7.11 Å². The zero-order chi connectivity index (χ0) is 15.2. The van der Waals surface area contributed by atoms with Crippen LogP contribution >= 0.6 is 0 Å². The molecule has 1 heterocycles. The van der Waals surface area contributed by atoms with Crippen molar-refractivity contribution in [2.75, 3.05) is 20.2 Å². The summed E-state index contributed by atoms with van der Waals surface area (Å²) >= 11 is 0. The zero-order valence-corrected chi connectivity index (χ0v) is 12.4. The van der Waals surface area contributed by atoms with Crippen molar-refractivity contribution in [2.24, 2.45) is 0 Å². The second-order valence-corrected chi connectivity index (χ2v) is 5.08. The Hall–Kier alpha value is -2.28. The number of carbonyl (C=O) groups excluding carboxylic acids is 2. The van der Waals surface area contributed by atoms with E-state index in [9.17, 15) is 9.59 Å². The van der Waals surface area contributed by atoms with Gasteiger partial charge >= 0.3 is 5.97 Å². The first kappa shape index (κ1) is 15.1. The summed E-state index contributed by atoms with van der Waals surface area (Å²) in [5.41, 5.74) is 1.62. The van der Waals surface area contributed by atoms with Crippen molar-refractivity contribution >= 4 is 11.9 Å². The van der Waals surface area contributed by atoms with Crippen molar-refractivity contribution in [3.8, 4) is 11.8 Å². The van der Waals surface area contributed by atoms with Gasteiger partial charge in [-0.2, -0.15) is 0 Å². The molecule has 1 amide bonds. The first-order chi connectivity index (χ1) is 10.2. The predicted molar refractivity (Wildman–Crippen MR) is 79.8 cm³/mol. The number of ether oxygens (including phenoxy) is 1. The molecule has 110 valence electrons. The van der Waals surface area contributed by atoms with Crippen molar-refractivity contribution in [3.63, 3.8) is 0 Å². The third kappa shape index (κ3) is 3.63. The third-order valence-electron chi connectivity index (χ3n) is 3.72. The standard InChI is InChI=1S/C17H19NO3/c1-3-6-16(19)18-10-5-9-15(12-18)13-7-4-8-14(11-13)17(20)21-2/h4,7-8,11,15H,5,9-10,12H2,1-2H3. The van der Waals surface area contributed by atoms with Gasteiger partial charge in [-0.05, 0) is 43.4 Å². The Morgan fingerprint density at radius 1 is 1.38 bits per heavy atom. The average molecular weight is 285 g/mol. The van der Waals surface area contributed by atoms with Crippen LogP contribution in [0.5, 0.6) is 0 Å². The Balaban J connectivity index is 2.15. The molecular formula is C17H19NO3. The number of amides is 1. The van der Waals surface area contributed by atoms with Gasteiger partial charge in [0.05, 0.1) is 12.7 Å². The van der Waals surface area contributed by atoms with Gasteiger partial charge in [-0.3, -0.25) is 4.79 Å². The van der Waals surface area contributed by atoms with Crippen molar-refractivity contribution in [3.05, 3.63) is 35.4 Å². The fourth-order valence-electron chi connectivity index (χ4n) is 2.66. The molecule has 1 aliphatic rings. The topological polar surface area (TPSA) is 46.6 Å². The largest absolute Gasteiger partial charge is 0.465 e. The van der Waals surface area contributed by atoms with E-state index in [1.807, 2.05) is 18.2 Å². The maximum absolute atomic E-state index is 11.9. The number of methoxy groups -OCH3 is 1. The van der Waals surface area contributed by atoms with Gasteiger partial charge in [0, 0.05) is 19.0 Å². The quantitative estimate of drug-likeness (QED) is 0.618.